The molecule has 1 N–H and O–H groups in total. The number of hydrogen-bond acceptors (Lipinski definition) is 5. The molecule has 2 aromatic rings. The molecular weight excluding hydrogens is 358 g/mol. The van der Waals surface area contributed by atoms with Crippen molar-refractivity contribution in [1.82, 2.24) is 5.32 Å². The number of aryl methyl sites for hydroxylation is 1. The summed E-state index contributed by atoms with van der Waals surface area (Å²) in [5, 5.41) is 2.93. The predicted molar refractivity (Wildman–Crippen MR) is 105 cm³/mol. The molecule has 2 aromatic carbocycles. The van der Waals surface area contributed by atoms with Crippen LogP contribution >= 0.6 is 0 Å². The summed E-state index contributed by atoms with van der Waals surface area (Å²) in [7, 11) is 1.57. The predicted octanol–water partition coefficient (Wildman–Crippen LogP) is 2.73. The number of carbonyl (C=O) groups excluding carboxylic acids is 1. The Morgan fingerprint density at radius 3 is 2.68 bits per heavy atom. The number of terminal acetylenes is 1. The van der Waals surface area contributed by atoms with Crippen molar-refractivity contribution < 1.29 is 23.7 Å². The fourth-order valence-electron chi connectivity index (χ4n) is 2.85. The van der Waals surface area contributed by atoms with Gasteiger partial charge in [-0.15, -0.1) is 6.42 Å². The van der Waals surface area contributed by atoms with E-state index in [1.807, 2.05) is 30.3 Å². The van der Waals surface area contributed by atoms with Gasteiger partial charge in [-0.3, -0.25) is 4.79 Å². The quantitative estimate of drug-likeness (QED) is 0.713. The number of benzene rings is 2. The van der Waals surface area contributed by atoms with Gasteiger partial charge in [-0.25, -0.2) is 0 Å². The first kappa shape index (κ1) is 19.4. The van der Waals surface area contributed by atoms with Gasteiger partial charge < -0.3 is 24.3 Å². The normalized spacial score (nSPS) is 12.0. The average molecular weight is 381 g/mol. The summed E-state index contributed by atoms with van der Waals surface area (Å²) in [4.78, 5) is 12.2. The molecule has 146 valence electrons. The molecule has 0 saturated carbocycles. The largest absolute Gasteiger partial charge is 0.493 e. The van der Waals surface area contributed by atoms with Gasteiger partial charge in [0, 0.05) is 13.0 Å². The van der Waals surface area contributed by atoms with E-state index in [9.17, 15) is 4.79 Å². The van der Waals surface area contributed by atoms with Crippen molar-refractivity contribution in [2.45, 2.75) is 19.4 Å². The zero-order valence-corrected chi connectivity index (χ0v) is 15.8. The molecule has 0 saturated heterocycles. The van der Waals surface area contributed by atoms with Crippen LogP contribution in [0, 0.1) is 12.3 Å². The topological polar surface area (TPSA) is 66.0 Å². The zero-order chi connectivity index (χ0) is 19.8. The maximum atomic E-state index is 12.2. The average Bonchev–Trinajstić information content (AvgIpc) is 2.74. The van der Waals surface area contributed by atoms with Crippen molar-refractivity contribution in [3.05, 3.63) is 47.5 Å². The van der Waals surface area contributed by atoms with Gasteiger partial charge in [-0.2, -0.15) is 0 Å². The lowest BCUT2D eigenvalue weighted by atomic mass is 10.1. The third kappa shape index (κ3) is 5.10. The molecule has 0 radical (unpaired) electrons. The minimum atomic E-state index is -0.0264. The second-order valence-corrected chi connectivity index (χ2v) is 6.23. The summed E-state index contributed by atoms with van der Waals surface area (Å²) in [5.74, 6) is 5.05. The van der Waals surface area contributed by atoms with Gasteiger partial charge in [0.1, 0.15) is 19.8 Å². The zero-order valence-electron chi connectivity index (χ0n) is 15.8. The smallest absolute Gasteiger partial charge is 0.220 e. The Hall–Kier alpha value is -3.33. The van der Waals surface area contributed by atoms with E-state index < -0.39 is 0 Å². The Bertz CT molecular complexity index is 872. The van der Waals surface area contributed by atoms with Crippen LogP contribution in [0.4, 0.5) is 0 Å². The van der Waals surface area contributed by atoms with Crippen LogP contribution in [0.25, 0.3) is 0 Å². The van der Waals surface area contributed by atoms with Crippen molar-refractivity contribution in [2.24, 2.45) is 0 Å². The van der Waals surface area contributed by atoms with Crippen LogP contribution in [0.3, 0.4) is 0 Å². The standard InChI is InChI=1S/C22H23NO5/c1-3-10-26-18-7-4-16(13-20(18)25-2)6-9-22(24)23-15-17-5-8-19-21(14-17)28-12-11-27-19/h1,4-5,7-8,13-14H,6,9-12,15H2,2H3,(H,23,24). The molecule has 0 bridgehead atoms. The molecular formula is C22H23NO5. The molecule has 1 heterocycles. The summed E-state index contributed by atoms with van der Waals surface area (Å²) >= 11 is 0. The Morgan fingerprint density at radius 1 is 1.11 bits per heavy atom. The fourth-order valence-corrected chi connectivity index (χ4v) is 2.85. The number of rotatable bonds is 8. The molecule has 0 fully saturated rings. The van der Waals surface area contributed by atoms with E-state index >= 15 is 0 Å². The first-order chi connectivity index (χ1) is 13.7. The van der Waals surface area contributed by atoms with Crippen molar-refractivity contribution in [3.63, 3.8) is 0 Å². The number of hydrogen-bond donors (Lipinski definition) is 1. The van der Waals surface area contributed by atoms with Gasteiger partial charge >= 0.3 is 0 Å². The summed E-state index contributed by atoms with van der Waals surface area (Å²) in [6.07, 6.45) is 6.18. The van der Waals surface area contributed by atoms with E-state index in [1.54, 1.807) is 13.2 Å². The first-order valence-electron chi connectivity index (χ1n) is 9.08. The van der Waals surface area contributed by atoms with Crippen LogP contribution in [0.5, 0.6) is 23.0 Å². The maximum absolute atomic E-state index is 12.2. The summed E-state index contributed by atoms with van der Waals surface area (Å²) in [6, 6.07) is 11.3. The lowest BCUT2D eigenvalue weighted by Crippen LogP contribution is -2.23. The van der Waals surface area contributed by atoms with Crippen LogP contribution < -0.4 is 24.3 Å². The van der Waals surface area contributed by atoms with Crippen molar-refractivity contribution in [1.29, 1.82) is 0 Å². The van der Waals surface area contributed by atoms with E-state index in [2.05, 4.69) is 11.2 Å². The highest BCUT2D eigenvalue weighted by Crippen LogP contribution is 2.31. The maximum Gasteiger partial charge on any atom is 0.220 e. The van der Waals surface area contributed by atoms with Crippen LogP contribution in [0.1, 0.15) is 17.5 Å². The summed E-state index contributed by atoms with van der Waals surface area (Å²) < 4.78 is 21.8. The van der Waals surface area contributed by atoms with Gasteiger partial charge in [0.25, 0.3) is 0 Å². The monoisotopic (exact) mass is 381 g/mol. The highest BCUT2D eigenvalue weighted by molar-refractivity contribution is 5.76. The second kappa shape index (κ2) is 9.56. The van der Waals surface area contributed by atoms with Gasteiger partial charge in [0.15, 0.2) is 23.0 Å². The van der Waals surface area contributed by atoms with E-state index in [-0.39, 0.29) is 12.5 Å². The van der Waals surface area contributed by atoms with Gasteiger partial charge in [-0.1, -0.05) is 18.1 Å². The molecule has 1 aliphatic rings. The minimum Gasteiger partial charge on any atom is -0.493 e. The number of methoxy groups -OCH3 is 1. The molecule has 28 heavy (non-hydrogen) atoms. The molecule has 1 aliphatic heterocycles. The van der Waals surface area contributed by atoms with Crippen molar-refractivity contribution >= 4 is 5.91 Å². The highest BCUT2D eigenvalue weighted by atomic mass is 16.6. The SMILES string of the molecule is C#CCOc1ccc(CCC(=O)NCc2ccc3c(c2)OCCO3)cc1OC. The van der Waals surface area contributed by atoms with Crippen molar-refractivity contribution in [2.75, 3.05) is 26.9 Å². The molecule has 3 rings (SSSR count). The second-order valence-electron chi connectivity index (χ2n) is 6.23. The van der Waals surface area contributed by atoms with Crippen LogP contribution in [0.15, 0.2) is 36.4 Å². The number of amides is 1. The Kier molecular flexibility index (Phi) is 6.64. The Balaban J connectivity index is 1.49. The number of carbonyl (C=O) groups is 1. The number of nitrogens with one attached hydrogen (secondary N) is 1. The minimum absolute atomic E-state index is 0.0264. The fraction of sp³-hybridized carbons (Fsp3) is 0.318. The van der Waals surface area contributed by atoms with Gasteiger partial charge in [-0.05, 0) is 41.8 Å². The van der Waals surface area contributed by atoms with Crippen LogP contribution in [0.2, 0.25) is 0 Å². The van der Waals surface area contributed by atoms with E-state index in [0.29, 0.717) is 44.1 Å². The first-order valence-corrected chi connectivity index (χ1v) is 9.08. The number of ether oxygens (including phenoxy) is 4. The lowest BCUT2D eigenvalue weighted by molar-refractivity contribution is -0.121. The van der Waals surface area contributed by atoms with Crippen LogP contribution in [-0.4, -0.2) is 32.8 Å². The molecule has 6 nitrogen and oxygen atoms in total. The Morgan fingerprint density at radius 2 is 1.89 bits per heavy atom. The molecule has 0 spiro atoms. The number of fused-ring (bicyclic) bond motifs is 1. The third-order valence-electron chi connectivity index (χ3n) is 4.28. The molecule has 6 heteroatoms. The van der Waals surface area contributed by atoms with Gasteiger partial charge in [0.2, 0.25) is 5.91 Å². The molecule has 0 unspecified atom stereocenters. The summed E-state index contributed by atoms with van der Waals surface area (Å²) in [5.41, 5.74) is 1.95. The third-order valence-corrected chi connectivity index (χ3v) is 4.28. The molecule has 0 aliphatic carbocycles. The molecule has 0 aromatic heterocycles. The Labute approximate surface area is 164 Å². The van der Waals surface area contributed by atoms with E-state index in [1.165, 1.54) is 0 Å². The summed E-state index contributed by atoms with van der Waals surface area (Å²) in [6.45, 7) is 1.72. The van der Waals surface area contributed by atoms with Gasteiger partial charge in [0.05, 0.1) is 7.11 Å². The van der Waals surface area contributed by atoms with Crippen molar-refractivity contribution in [3.8, 4) is 35.3 Å². The molecule has 1 amide bonds. The molecule has 0 atom stereocenters. The highest BCUT2D eigenvalue weighted by Gasteiger charge is 2.12. The van der Waals surface area contributed by atoms with E-state index in [4.69, 9.17) is 25.4 Å². The van der Waals surface area contributed by atoms with E-state index in [0.717, 1.165) is 22.6 Å². The lowest BCUT2D eigenvalue weighted by Gasteiger charge is -2.19. The van der Waals surface area contributed by atoms with Crippen LogP contribution in [-0.2, 0) is 17.8 Å².